The number of rotatable bonds is 5. The van der Waals surface area contributed by atoms with E-state index in [2.05, 4.69) is 18.9 Å². The zero-order valence-corrected chi connectivity index (χ0v) is 9.20. The molecule has 1 fully saturated rings. The van der Waals surface area contributed by atoms with E-state index in [0.29, 0.717) is 18.9 Å². The molecule has 2 N–H and O–H groups in total. The van der Waals surface area contributed by atoms with Gasteiger partial charge in [0.25, 0.3) is 0 Å². The van der Waals surface area contributed by atoms with Gasteiger partial charge in [0.1, 0.15) is 0 Å². The van der Waals surface area contributed by atoms with E-state index in [1.807, 2.05) is 5.01 Å². The summed E-state index contributed by atoms with van der Waals surface area (Å²) in [6, 6.07) is 0. The fourth-order valence-corrected chi connectivity index (χ4v) is 1.75. The second-order valence-electron chi connectivity index (χ2n) is 4.22. The van der Waals surface area contributed by atoms with Crippen molar-refractivity contribution in [3.63, 3.8) is 0 Å². The van der Waals surface area contributed by atoms with Crippen molar-refractivity contribution in [2.75, 3.05) is 26.2 Å². The molecular weight excluding hydrogens is 178 g/mol. The van der Waals surface area contributed by atoms with E-state index in [1.165, 1.54) is 0 Å². The Bertz CT molecular complexity index is 194. The molecule has 0 saturated carbocycles. The van der Waals surface area contributed by atoms with Gasteiger partial charge in [-0.2, -0.15) is 0 Å². The average molecular weight is 199 g/mol. The van der Waals surface area contributed by atoms with Gasteiger partial charge in [-0.1, -0.05) is 13.8 Å². The second-order valence-corrected chi connectivity index (χ2v) is 4.22. The summed E-state index contributed by atoms with van der Waals surface area (Å²) in [7, 11) is 0. The molecule has 0 aromatic rings. The van der Waals surface area contributed by atoms with Crippen LogP contribution in [0.3, 0.4) is 0 Å². The molecule has 0 aromatic carbocycles. The van der Waals surface area contributed by atoms with Crippen LogP contribution in [-0.2, 0) is 4.79 Å². The number of amides is 1. The van der Waals surface area contributed by atoms with Crippen molar-refractivity contribution >= 4 is 5.91 Å². The Morgan fingerprint density at radius 2 is 2.21 bits per heavy atom. The van der Waals surface area contributed by atoms with E-state index >= 15 is 0 Å². The molecule has 4 heteroatoms. The number of carbonyl (C=O) groups is 1. The molecule has 14 heavy (non-hydrogen) atoms. The molecule has 0 radical (unpaired) electrons. The number of hydrazine groups is 1. The Morgan fingerprint density at radius 1 is 1.50 bits per heavy atom. The SMILES string of the molecule is CC(C)CN1CCC(=O)N1CCCN. The van der Waals surface area contributed by atoms with Crippen LogP contribution < -0.4 is 5.73 Å². The van der Waals surface area contributed by atoms with Crippen LogP contribution in [0, 0.1) is 5.92 Å². The summed E-state index contributed by atoms with van der Waals surface area (Å²) < 4.78 is 0. The number of hydrogen-bond donors (Lipinski definition) is 1. The summed E-state index contributed by atoms with van der Waals surface area (Å²) in [6.07, 6.45) is 1.55. The highest BCUT2D eigenvalue weighted by Crippen LogP contribution is 2.14. The number of carbonyl (C=O) groups excluding carboxylic acids is 1. The molecule has 0 spiro atoms. The molecule has 0 aliphatic carbocycles. The minimum absolute atomic E-state index is 0.249. The molecule has 1 aliphatic heterocycles. The lowest BCUT2D eigenvalue weighted by molar-refractivity contribution is -0.138. The van der Waals surface area contributed by atoms with Gasteiger partial charge in [0.15, 0.2) is 0 Å². The highest BCUT2D eigenvalue weighted by Gasteiger charge is 2.28. The smallest absolute Gasteiger partial charge is 0.238 e. The van der Waals surface area contributed by atoms with Gasteiger partial charge in [-0.3, -0.25) is 9.80 Å². The zero-order chi connectivity index (χ0) is 10.6. The highest BCUT2D eigenvalue weighted by atomic mass is 16.2. The number of nitrogens with zero attached hydrogens (tertiary/aromatic N) is 2. The molecule has 0 bridgehead atoms. The van der Waals surface area contributed by atoms with Gasteiger partial charge < -0.3 is 5.73 Å². The maximum absolute atomic E-state index is 11.5. The van der Waals surface area contributed by atoms with Gasteiger partial charge in [0.05, 0.1) is 0 Å². The number of nitrogens with two attached hydrogens (primary N) is 1. The van der Waals surface area contributed by atoms with Crippen molar-refractivity contribution in [2.45, 2.75) is 26.7 Å². The third kappa shape index (κ3) is 2.96. The summed E-state index contributed by atoms with van der Waals surface area (Å²) in [5.74, 6) is 0.848. The van der Waals surface area contributed by atoms with E-state index < -0.39 is 0 Å². The Labute approximate surface area is 86.0 Å². The summed E-state index contributed by atoms with van der Waals surface area (Å²) in [5.41, 5.74) is 5.44. The van der Waals surface area contributed by atoms with Crippen LogP contribution in [0.15, 0.2) is 0 Å². The Morgan fingerprint density at radius 3 is 2.79 bits per heavy atom. The van der Waals surface area contributed by atoms with Gasteiger partial charge in [-0.15, -0.1) is 0 Å². The molecule has 1 heterocycles. The molecule has 4 nitrogen and oxygen atoms in total. The van der Waals surface area contributed by atoms with Crippen LogP contribution in [0.5, 0.6) is 0 Å². The van der Waals surface area contributed by atoms with Crippen molar-refractivity contribution in [3.8, 4) is 0 Å². The third-order valence-electron chi connectivity index (χ3n) is 2.36. The quantitative estimate of drug-likeness (QED) is 0.699. The first-order chi connectivity index (χ1) is 6.65. The third-order valence-corrected chi connectivity index (χ3v) is 2.36. The standard InChI is InChI=1S/C10H21N3O/c1-9(2)8-12-7-4-10(14)13(12)6-3-5-11/h9H,3-8,11H2,1-2H3. The van der Waals surface area contributed by atoms with Crippen molar-refractivity contribution in [2.24, 2.45) is 11.7 Å². The Hall–Kier alpha value is -0.610. The average Bonchev–Trinajstić information content (AvgIpc) is 2.44. The minimum Gasteiger partial charge on any atom is -0.330 e. The van der Waals surface area contributed by atoms with E-state index in [-0.39, 0.29) is 5.91 Å². The van der Waals surface area contributed by atoms with Gasteiger partial charge in [0.2, 0.25) is 5.91 Å². The lowest BCUT2D eigenvalue weighted by Crippen LogP contribution is -2.42. The monoisotopic (exact) mass is 199 g/mol. The Kier molecular flexibility index (Phi) is 4.35. The number of hydrogen-bond acceptors (Lipinski definition) is 3. The minimum atomic E-state index is 0.249. The zero-order valence-electron chi connectivity index (χ0n) is 9.20. The predicted molar refractivity (Wildman–Crippen MR) is 56.4 cm³/mol. The summed E-state index contributed by atoms with van der Waals surface area (Å²) >= 11 is 0. The van der Waals surface area contributed by atoms with E-state index in [0.717, 1.165) is 26.1 Å². The van der Waals surface area contributed by atoms with E-state index in [9.17, 15) is 4.79 Å². The molecule has 82 valence electrons. The van der Waals surface area contributed by atoms with Crippen LogP contribution in [0.2, 0.25) is 0 Å². The fourth-order valence-electron chi connectivity index (χ4n) is 1.75. The van der Waals surface area contributed by atoms with Crippen molar-refractivity contribution < 1.29 is 4.79 Å². The molecule has 1 amide bonds. The van der Waals surface area contributed by atoms with E-state index in [4.69, 9.17) is 5.73 Å². The molecule has 0 unspecified atom stereocenters. The molecule has 1 saturated heterocycles. The predicted octanol–water partition coefficient (Wildman–Crippen LogP) is 0.441. The largest absolute Gasteiger partial charge is 0.330 e. The maximum atomic E-state index is 11.5. The van der Waals surface area contributed by atoms with Crippen LogP contribution in [0.25, 0.3) is 0 Å². The molecular formula is C10H21N3O. The topological polar surface area (TPSA) is 49.6 Å². The summed E-state index contributed by atoms with van der Waals surface area (Å²) in [6.45, 7) is 7.62. The molecule has 1 aliphatic rings. The first kappa shape index (κ1) is 11.5. The Balaban J connectivity index is 2.44. The van der Waals surface area contributed by atoms with Crippen molar-refractivity contribution in [3.05, 3.63) is 0 Å². The van der Waals surface area contributed by atoms with Gasteiger partial charge in [-0.25, -0.2) is 5.01 Å². The first-order valence-electron chi connectivity index (χ1n) is 5.40. The van der Waals surface area contributed by atoms with Gasteiger partial charge in [0, 0.05) is 26.1 Å². The first-order valence-corrected chi connectivity index (χ1v) is 5.40. The molecule has 1 rings (SSSR count). The summed E-state index contributed by atoms with van der Waals surface area (Å²) in [5, 5.41) is 4.02. The maximum Gasteiger partial charge on any atom is 0.238 e. The van der Waals surface area contributed by atoms with Crippen LogP contribution in [0.1, 0.15) is 26.7 Å². The van der Waals surface area contributed by atoms with Crippen molar-refractivity contribution in [1.82, 2.24) is 10.0 Å². The molecule has 0 atom stereocenters. The van der Waals surface area contributed by atoms with E-state index in [1.54, 1.807) is 0 Å². The lowest BCUT2D eigenvalue weighted by atomic mass is 10.2. The van der Waals surface area contributed by atoms with Crippen molar-refractivity contribution in [1.29, 1.82) is 0 Å². The molecule has 0 aromatic heterocycles. The van der Waals surface area contributed by atoms with Gasteiger partial charge in [-0.05, 0) is 18.9 Å². The lowest BCUT2D eigenvalue weighted by Gasteiger charge is -2.29. The van der Waals surface area contributed by atoms with Crippen LogP contribution in [-0.4, -0.2) is 42.1 Å². The van der Waals surface area contributed by atoms with Crippen LogP contribution in [0.4, 0.5) is 0 Å². The highest BCUT2D eigenvalue weighted by molar-refractivity contribution is 5.77. The second kappa shape index (κ2) is 5.32. The fraction of sp³-hybridized carbons (Fsp3) is 0.900. The normalized spacial score (nSPS) is 18.6. The van der Waals surface area contributed by atoms with Gasteiger partial charge >= 0.3 is 0 Å². The summed E-state index contributed by atoms with van der Waals surface area (Å²) in [4.78, 5) is 11.5. The van der Waals surface area contributed by atoms with Crippen LogP contribution >= 0.6 is 0 Å².